The largest absolute Gasteiger partial charge is 0.352 e. The molecule has 0 saturated carbocycles. The summed E-state index contributed by atoms with van der Waals surface area (Å²) >= 11 is 3.47. The molecule has 0 heterocycles. The summed E-state index contributed by atoms with van der Waals surface area (Å²) in [4.78, 5) is 27.4. The molecule has 0 aliphatic heterocycles. The average molecular weight is 445 g/mol. The number of amides is 2. The summed E-state index contributed by atoms with van der Waals surface area (Å²) in [6, 6.07) is 13.4. The number of carbonyl (C=O) groups excluding carboxylic acids is 2. The van der Waals surface area contributed by atoms with Crippen molar-refractivity contribution in [3.63, 3.8) is 0 Å². The summed E-state index contributed by atoms with van der Waals surface area (Å²) in [7, 11) is 0. The van der Waals surface area contributed by atoms with Gasteiger partial charge in [0.15, 0.2) is 0 Å². The fraction of sp³-hybridized carbons (Fsp3) is 0.391. The van der Waals surface area contributed by atoms with Crippen molar-refractivity contribution in [3.8, 4) is 0 Å². The minimum Gasteiger partial charge on any atom is -0.352 e. The molecule has 1 atom stereocenters. The first-order valence-electron chi connectivity index (χ1n) is 9.57. The van der Waals surface area contributed by atoms with Crippen molar-refractivity contribution < 1.29 is 9.59 Å². The lowest BCUT2D eigenvalue weighted by Gasteiger charge is -2.29. The Hall–Kier alpha value is -2.14. The Morgan fingerprint density at radius 2 is 1.71 bits per heavy atom. The van der Waals surface area contributed by atoms with E-state index in [1.54, 1.807) is 11.8 Å². The van der Waals surface area contributed by atoms with Crippen LogP contribution < -0.4 is 5.32 Å². The van der Waals surface area contributed by atoms with Gasteiger partial charge in [-0.05, 0) is 69.0 Å². The van der Waals surface area contributed by atoms with Crippen LogP contribution >= 0.6 is 15.9 Å². The van der Waals surface area contributed by atoms with Crippen LogP contribution in [0.4, 0.5) is 0 Å². The number of carbonyl (C=O) groups is 2. The first-order valence-corrected chi connectivity index (χ1v) is 10.4. The highest BCUT2D eigenvalue weighted by Gasteiger charge is 2.26. The van der Waals surface area contributed by atoms with E-state index in [0.29, 0.717) is 6.54 Å². The molecule has 28 heavy (non-hydrogen) atoms. The van der Waals surface area contributed by atoms with Crippen LogP contribution in [0.15, 0.2) is 46.9 Å². The second-order valence-electron chi connectivity index (χ2n) is 7.59. The summed E-state index contributed by atoms with van der Waals surface area (Å²) in [5, 5.41) is 2.91. The van der Waals surface area contributed by atoms with Gasteiger partial charge in [0.05, 0.1) is 6.42 Å². The predicted octanol–water partition coefficient (Wildman–Crippen LogP) is 4.55. The zero-order chi connectivity index (χ0) is 20.8. The van der Waals surface area contributed by atoms with E-state index in [1.807, 2.05) is 63.2 Å². The van der Waals surface area contributed by atoms with Gasteiger partial charge in [0.25, 0.3) is 0 Å². The smallest absolute Gasteiger partial charge is 0.242 e. The lowest BCUT2D eigenvalue weighted by atomic mass is 10.0. The van der Waals surface area contributed by atoms with Gasteiger partial charge in [0.1, 0.15) is 6.04 Å². The molecular formula is C23H29BrN2O2. The minimum atomic E-state index is -0.555. The van der Waals surface area contributed by atoms with Crippen LogP contribution in [0.3, 0.4) is 0 Å². The van der Waals surface area contributed by atoms with Crippen molar-refractivity contribution in [3.05, 3.63) is 69.2 Å². The van der Waals surface area contributed by atoms with Gasteiger partial charge in [0.2, 0.25) is 11.8 Å². The molecule has 0 radical (unpaired) electrons. The molecule has 1 N–H and O–H groups in total. The molecule has 0 spiro atoms. The van der Waals surface area contributed by atoms with Gasteiger partial charge in [0, 0.05) is 17.1 Å². The fourth-order valence-electron chi connectivity index (χ4n) is 3.01. The molecular weight excluding hydrogens is 416 g/mol. The first kappa shape index (κ1) is 22.2. The van der Waals surface area contributed by atoms with E-state index >= 15 is 0 Å². The van der Waals surface area contributed by atoms with Crippen LogP contribution in [0.2, 0.25) is 0 Å². The van der Waals surface area contributed by atoms with Gasteiger partial charge < -0.3 is 10.2 Å². The lowest BCUT2D eigenvalue weighted by molar-refractivity contribution is -0.140. The number of nitrogens with zero attached hydrogens (tertiary/aromatic N) is 1. The standard InChI is InChI=1S/C23H29BrN2O2/c1-15(2)25-23(28)18(5)26(14-20-7-6-8-21(24)12-20)22(27)13-19-10-9-16(3)17(4)11-19/h6-12,15,18H,13-14H2,1-5H3,(H,25,28). The third-order valence-corrected chi connectivity index (χ3v) is 5.26. The zero-order valence-electron chi connectivity index (χ0n) is 17.3. The van der Waals surface area contributed by atoms with Gasteiger partial charge in [-0.2, -0.15) is 0 Å². The Balaban J connectivity index is 2.26. The Kier molecular flexibility index (Phi) is 7.81. The highest BCUT2D eigenvalue weighted by Crippen LogP contribution is 2.17. The molecule has 0 fully saturated rings. The minimum absolute atomic E-state index is 0.0255. The molecule has 150 valence electrons. The number of rotatable bonds is 7. The van der Waals surface area contributed by atoms with Gasteiger partial charge >= 0.3 is 0 Å². The molecule has 0 aliphatic carbocycles. The molecule has 2 aromatic rings. The summed E-state index contributed by atoms with van der Waals surface area (Å²) in [6.45, 7) is 10.1. The number of benzene rings is 2. The van der Waals surface area contributed by atoms with Crippen LogP contribution in [0, 0.1) is 13.8 Å². The van der Waals surface area contributed by atoms with E-state index in [9.17, 15) is 9.59 Å². The highest BCUT2D eigenvalue weighted by atomic mass is 79.9. The van der Waals surface area contributed by atoms with Gasteiger partial charge in [-0.3, -0.25) is 9.59 Å². The van der Waals surface area contributed by atoms with Crippen molar-refractivity contribution in [1.29, 1.82) is 0 Å². The van der Waals surface area contributed by atoms with Crippen molar-refractivity contribution in [2.45, 2.75) is 59.7 Å². The first-order chi connectivity index (χ1) is 13.2. The molecule has 0 saturated heterocycles. The number of hydrogen-bond acceptors (Lipinski definition) is 2. The molecule has 0 aromatic heterocycles. The normalized spacial score (nSPS) is 12.0. The second kappa shape index (κ2) is 9.87. The van der Waals surface area contributed by atoms with E-state index in [2.05, 4.69) is 28.2 Å². The monoisotopic (exact) mass is 444 g/mol. The Labute approximate surface area is 176 Å². The Morgan fingerprint density at radius 1 is 1.00 bits per heavy atom. The third kappa shape index (κ3) is 6.20. The number of nitrogens with one attached hydrogen (secondary N) is 1. The zero-order valence-corrected chi connectivity index (χ0v) is 18.8. The van der Waals surface area contributed by atoms with Crippen LogP contribution in [-0.2, 0) is 22.6 Å². The van der Waals surface area contributed by atoms with E-state index in [-0.39, 0.29) is 24.3 Å². The quantitative estimate of drug-likeness (QED) is 0.680. The molecule has 4 nitrogen and oxygen atoms in total. The number of hydrogen-bond donors (Lipinski definition) is 1. The van der Waals surface area contributed by atoms with E-state index < -0.39 is 6.04 Å². The highest BCUT2D eigenvalue weighted by molar-refractivity contribution is 9.10. The van der Waals surface area contributed by atoms with Crippen LogP contribution in [0.25, 0.3) is 0 Å². The van der Waals surface area contributed by atoms with Gasteiger partial charge in [-0.15, -0.1) is 0 Å². The van der Waals surface area contributed by atoms with E-state index in [4.69, 9.17) is 0 Å². The van der Waals surface area contributed by atoms with Crippen molar-refractivity contribution in [1.82, 2.24) is 10.2 Å². The summed E-state index contributed by atoms with van der Waals surface area (Å²) in [5.74, 6) is -0.201. The van der Waals surface area contributed by atoms with E-state index in [1.165, 1.54) is 5.56 Å². The molecule has 2 amide bonds. The Morgan fingerprint density at radius 3 is 2.32 bits per heavy atom. The maximum Gasteiger partial charge on any atom is 0.242 e. The topological polar surface area (TPSA) is 49.4 Å². The number of aryl methyl sites for hydroxylation is 2. The molecule has 1 unspecified atom stereocenters. The number of halogens is 1. The van der Waals surface area contributed by atoms with Crippen LogP contribution in [0.1, 0.15) is 43.0 Å². The molecule has 2 rings (SSSR count). The molecule has 5 heteroatoms. The summed E-state index contributed by atoms with van der Waals surface area (Å²) < 4.78 is 0.950. The van der Waals surface area contributed by atoms with Crippen LogP contribution in [-0.4, -0.2) is 28.8 Å². The maximum atomic E-state index is 13.2. The molecule has 0 bridgehead atoms. The van der Waals surface area contributed by atoms with Crippen molar-refractivity contribution in [2.24, 2.45) is 0 Å². The summed E-state index contributed by atoms with van der Waals surface area (Å²) in [5.41, 5.74) is 4.30. The van der Waals surface area contributed by atoms with E-state index in [0.717, 1.165) is 21.2 Å². The predicted molar refractivity (Wildman–Crippen MR) is 117 cm³/mol. The average Bonchev–Trinajstić information content (AvgIpc) is 2.61. The van der Waals surface area contributed by atoms with Crippen molar-refractivity contribution >= 4 is 27.7 Å². The van der Waals surface area contributed by atoms with Crippen molar-refractivity contribution in [2.75, 3.05) is 0 Å². The third-order valence-electron chi connectivity index (χ3n) is 4.77. The second-order valence-corrected chi connectivity index (χ2v) is 8.50. The SMILES string of the molecule is Cc1ccc(CC(=O)N(Cc2cccc(Br)c2)C(C)C(=O)NC(C)C)cc1C. The fourth-order valence-corrected chi connectivity index (χ4v) is 3.46. The van der Waals surface area contributed by atoms with Gasteiger partial charge in [-0.25, -0.2) is 0 Å². The molecule has 0 aliphatic rings. The van der Waals surface area contributed by atoms with Gasteiger partial charge in [-0.1, -0.05) is 46.3 Å². The lowest BCUT2D eigenvalue weighted by Crippen LogP contribution is -2.49. The van der Waals surface area contributed by atoms with Crippen LogP contribution in [0.5, 0.6) is 0 Å². The maximum absolute atomic E-state index is 13.2. The summed E-state index contributed by atoms with van der Waals surface area (Å²) in [6.07, 6.45) is 0.272. The Bertz CT molecular complexity index is 848. The molecule has 2 aromatic carbocycles.